The SMILES string of the molecule is CNC(Cc1cccs1)CC(C)OC. The van der Waals surface area contributed by atoms with Crippen LogP contribution in [0.5, 0.6) is 0 Å². The summed E-state index contributed by atoms with van der Waals surface area (Å²) in [6.07, 6.45) is 2.49. The third kappa shape index (κ3) is 3.78. The van der Waals surface area contributed by atoms with Crippen LogP contribution in [-0.4, -0.2) is 26.3 Å². The van der Waals surface area contributed by atoms with Crippen molar-refractivity contribution in [3.8, 4) is 0 Å². The molecule has 0 radical (unpaired) electrons. The van der Waals surface area contributed by atoms with Gasteiger partial charge in [0, 0.05) is 18.0 Å². The molecule has 2 atom stereocenters. The van der Waals surface area contributed by atoms with E-state index < -0.39 is 0 Å². The van der Waals surface area contributed by atoms with Crippen LogP contribution < -0.4 is 5.32 Å². The van der Waals surface area contributed by atoms with Crippen LogP contribution in [0.25, 0.3) is 0 Å². The second-order valence-electron chi connectivity index (χ2n) is 3.55. The maximum Gasteiger partial charge on any atom is 0.0558 e. The van der Waals surface area contributed by atoms with E-state index in [1.165, 1.54) is 4.88 Å². The largest absolute Gasteiger partial charge is 0.382 e. The molecule has 1 aromatic rings. The molecule has 0 aliphatic rings. The first kappa shape index (κ1) is 11.7. The molecule has 0 amide bonds. The summed E-state index contributed by atoms with van der Waals surface area (Å²) in [6.45, 7) is 2.11. The maximum atomic E-state index is 5.27. The Labute approximate surface area is 90.3 Å². The molecule has 0 saturated carbocycles. The Kier molecular flexibility index (Phi) is 5.15. The summed E-state index contributed by atoms with van der Waals surface area (Å²) >= 11 is 1.82. The first-order chi connectivity index (χ1) is 6.76. The molecule has 1 N–H and O–H groups in total. The predicted molar refractivity (Wildman–Crippen MR) is 62.0 cm³/mol. The molecular weight excluding hydrogens is 194 g/mol. The van der Waals surface area contributed by atoms with Gasteiger partial charge in [0.15, 0.2) is 0 Å². The molecule has 0 aliphatic heterocycles. The van der Waals surface area contributed by atoms with Crippen LogP contribution in [0.2, 0.25) is 0 Å². The van der Waals surface area contributed by atoms with Gasteiger partial charge in [0.1, 0.15) is 0 Å². The molecule has 14 heavy (non-hydrogen) atoms. The molecule has 0 aromatic carbocycles. The highest BCUT2D eigenvalue weighted by molar-refractivity contribution is 7.09. The van der Waals surface area contributed by atoms with Crippen molar-refractivity contribution in [3.63, 3.8) is 0 Å². The van der Waals surface area contributed by atoms with Gasteiger partial charge in [-0.15, -0.1) is 11.3 Å². The Morgan fingerprint density at radius 1 is 1.57 bits per heavy atom. The van der Waals surface area contributed by atoms with Crippen LogP contribution in [0.3, 0.4) is 0 Å². The Balaban J connectivity index is 2.39. The third-order valence-electron chi connectivity index (χ3n) is 2.45. The van der Waals surface area contributed by atoms with Gasteiger partial charge in [0.05, 0.1) is 6.10 Å². The van der Waals surface area contributed by atoms with Crippen molar-refractivity contribution in [2.24, 2.45) is 0 Å². The van der Waals surface area contributed by atoms with Crippen LogP contribution >= 0.6 is 11.3 Å². The van der Waals surface area contributed by atoms with Gasteiger partial charge in [-0.25, -0.2) is 0 Å². The topological polar surface area (TPSA) is 21.3 Å². The summed E-state index contributed by atoms with van der Waals surface area (Å²) in [5.41, 5.74) is 0. The minimum Gasteiger partial charge on any atom is -0.382 e. The zero-order chi connectivity index (χ0) is 10.4. The highest BCUT2D eigenvalue weighted by Crippen LogP contribution is 2.13. The molecule has 80 valence electrons. The van der Waals surface area contributed by atoms with Gasteiger partial charge in [-0.2, -0.15) is 0 Å². The maximum absolute atomic E-state index is 5.27. The Hall–Kier alpha value is -0.380. The third-order valence-corrected chi connectivity index (χ3v) is 3.35. The zero-order valence-electron chi connectivity index (χ0n) is 9.12. The summed E-state index contributed by atoms with van der Waals surface area (Å²) in [5.74, 6) is 0. The molecule has 0 aliphatic carbocycles. The van der Waals surface area contributed by atoms with Crippen LogP contribution in [-0.2, 0) is 11.2 Å². The number of hydrogen-bond donors (Lipinski definition) is 1. The summed E-state index contributed by atoms with van der Waals surface area (Å²) < 4.78 is 5.27. The van der Waals surface area contributed by atoms with Crippen LogP contribution in [0.15, 0.2) is 17.5 Å². The van der Waals surface area contributed by atoms with Gasteiger partial charge in [0.25, 0.3) is 0 Å². The smallest absolute Gasteiger partial charge is 0.0558 e. The molecule has 0 saturated heterocycles. The van der Waals surface area contributed by atoms with E-state index in [0.717, 1.165) is 12.8 Å². The van der Waals surface area contributed by atoms with Crippen molar-refractivity contribution in [1.29, 1.82) is 0 Å². The van der Waals surface area contributed by atoms with Crippen molar-refractivity contribution < 1.29 is 4.74 Å². The van der Waals surface area contributed by atoms with Crippen LogP contribution in [0, 0.1) is 0 Å². The van der Waals surface area contributed by atoms with Gasteiger partial charge < -0.3 is 10.1 Å². The molecule has 3 heteroatoms. The number of likely N-dealkylation sites (N-methyl/N-ethyl adjacent to an activating group) is 1. The zero-order valence-corrected chi connectivity index (χ0v) is 9.93. The fraction of sp³-hybridized carbons (Fsp3) is 0.636. The fourth-order valence-electron chi connectivity index (χ4n) is 1.47. The second-order valence-corrected chi connectivity index (χ2v) is 4.58. The molecule has 1 heterocycles. The quantitative estimate of drug-likeness (QED) is 0.783. The summed E-state index contributed by atoms with van der Waals surface area (Å²) in [5, 5.41) is 5.46. The van der Waals surface area contributed by atoms with E-state index in [2.05, 4.69) is 29.8 Å². The van der Waals surface area contributed by atoms with Crippen molar-refractivity contribution in [2.45, 2.75) is 31.9 Å². The lowest BCUT2D eigenvalue weighted by molar-refractivity contribution is 0.101. The van der Waals surface area contributed by atoms with E-state index in [9.17, 15) is 0 Å². The second kappa shape index (κ2) is 6.17. The average Bonchev–Trinajstić information content (AvgIpc) is 2.69. The highest BCUT2D eigenvalue weighted by atomic mass is 32.1. The van der Waals surface area contributed by atoms with Crippen molar-refractivity contribution in [3.05, 3.63) is 22.4 Å². The number of rotatable bonds is 6. The molecular formula is C11H19NOS. The van der Waals surface area contributed by atoms with Gasteiger partial charge in [0.2, 0.25) is 0 Å². The lowest BCUT2D eigenvalue weighted by Gasteiger charge is -2.18. The van der Waals surface area contributed by atoms with Gasteiger partial charge in [-0.3, -0.25) is 0 Å². The lowest BCUT2D eigenvalue weighted by Crippen LogP contribution is -2.31. The molecule has 2 nitrogen and oxygen atoms in total. The Morgan fingerprint density at radius 2 is 2.36 bits per heavy atom. The average molecular weight is 213 g/mol. The number of hydrogen-bond acceptors (Lipinski definition) is 3. The number of nitrogens with one attached hydrogen (secondary N) is 1. The summed E-state index contributed by atoms with van der Waals surface area (Å²) in [4.78, 5) is 1.44. The predicted octanol–water partition coefficient (Wildman–Crippen LogP) is 2.30. The van der Waals surface area contributed by atoms with Gasteiger partial charge in [-0.1, -0.05) is 6.07 Å². The molecule has 2 unspecified atom stereocenters. The summed E-state index contributed by atoms with van der Waals surface area (Å²) in [7, 11) is 3.78. The number of methoxy groups -OCH3 is 1. The molecule has 0 spiro atoms. The lowest BCUT2D eigenvalue weighted by atomic mass is 10.1. The summed E-state index contributed by atoms with van der Waals surface area (Å²) in [6, 6.07) is 4.81. The molecule has 1 rings (SSSR count). The van der Waals surface area contributed by atoms with E-state index in [0.29, 0.717) is 12.1 Å². The van der Waals surface area contributed by atoms with E-state index in [4.69, 9.17) is 4.74 Å². The van der Waals surface area contributed by atoms with E-state index in [-0.39, 0.29) is 0 Å². The monoisotopic (exact) mass is 213 g/mol. The van der Waals surface area contributed by atoms with Crippen molar-refractivity contribution in [2.75, 3.05) is 14.2 Å². The van der Waals surface area contributed by atoms with E-state index in [1.807, 2.05) is 18.4 Å². The number of ether oxygens (including phenoxy) is 1. The minimum absolute atomic E-state index is 0.326. The highest BCUT2D eigenvalue weighted by Gasteiger charge is 2.11. The van der Waals surface area contributed by atoms with Gasteiger partial charge in [-0.05, 0) is 38.3 Å². The van der Waals surface area contributed by atoms with Crippen LogP contribution in [0.1, 0.15) is 18.2 Å². The molecule has 1 aromatic heterocycles. The first-order valence-corrected chi connectivity index (χ1v) is 5.86. The van der Waals surface area contributed by atoms with Gasteiger partial charge >= 0.3 is 0 Å². The van der Waals surface area contributed by atoms with E-state index >= 15 is 0 Å². The molecule has 0 fully saturated rings. The van der Waals surface area contributed by atoms with Crippen molar-refractivity contribution in [1.82, 2.24) is 5.32 Å². The normalized spacial score (nSPS) is 15.4. The minimum atomic E-state index is 0.326. The standard InChI is InChI=1S/C11H19NOS/c1-9(13-3)7-10(12-2)8-11-5-4-6-14-11/h4-6,9-10,12H,7-8H2,1-3H3. The van der Waals surface area contributed by atoms with E-state index in [1.54, 1.807) is 7.11 Å². The molecule has 0 bridgehead atoms. The fourth-order valence-corrected chi connectivity index (χ4v) is 2.26. The van der Waals surface area contributed by atoms with Crippen LogP contribution in [0.4, 0.5) is 0 Å². The van der Waals surface area contributed by atoms with Crippen molar-refractivity contribution >= 4 is 11.3 Å². The Bertz CT molecular complexity index is 235. The first-order valence-electron chi connectivity index (χ1n) is 4.98. The number of thiophene rings is 1. The Morgan fingerprint density at radius 3 is 2.86 bits per heavy atom.